The van der Waals surface area contributed by atoms with Crippen molar-refractivity contribution < 1.29 is 9.59 Å². The molecule has 1 N–H and O–H groups in total. The van der Waals surface area contributed by atoms with Crippen molar-refractivity contribution in [1.82, 2.24) is 15.1 Å². The summed E-state index contributed by atoms with van der Waals surface area (Å²) in [5.74, 6) is -0.0614. The molecule has 0 aromatic heterocycles. The lowest BCUT2D eigenvalue weighted by atomic mass is 9.93. The van der Waals surface area contributed by atoms with Crippen LogP contribution in [0.15, 0.2) is 30.5 Å². The number of nitrogens with zero attached hydrogens (tertiary/aromatic N) is 2. The van der Waals surface area contributed by atoms with Gasteiger partial charge in [-0.3, -0.25) is 14.5 Å². The largest absolute Gasteiger partial charge is 0.354 e. The zero-order valence-corrected chi connectivity index (χ0v) is 16.7. The fourth-order valence-electron chi connectivity index (χ4n) is 4.09. The third kappa shape index (κ3) is 4.59. The number of amides is 2. The van der Waals surface area contributed by atoms with E-state index in [9.17, 15) is 9.59 Å². The van der Waals surface area contributed by atoms with Crippen molar-refractivity contribution >= 4 is 17.9 Å². The quantitative estimate of drug-likeness (QED) is 0.866. The molecular weight excluding hydrogens is 338 g/mol. The third-order valence-corrected chi connectivity index (χ3v) is 5.78. The van der Waals surface area contributed by atoms with E-state index in [1.54, 1.807) is 18.0 Å². The summed E-state index contributed by atoms with van der Waals surface area (Å²) in [6, 6.07) is 7.71. The summed E-state index contributed by atoms with van der Waals surface area (Å²) >= 11 is 0. The summed E-state index contributed by atoms with van der Waals surface area (Å²) in [5.41, 5.74) is 2.04. The Morgan fingerprint density at radius 2 is 1.85 bits per heavy atom. The van der Waals surface area contributed by atoms with E-state index >= 15 is 0 Å². The molecule has 0 saturated carbocycles. The zero-order chi connectivity index (χ0) is 19.4. The third-order valence-electron chi connectivity index (χ3n) is 5.78. The van der Waals surface area contributed by atoms with Crippen molar-refractivity contribution in [3.05, 3.63) is 41.6 Å². The van der Waals surface area contributed by atoms with Gasteiger partial charge in [0, 0.05) is 25.2 Å². The van der Waals surface area contributed by atoms with Crippen molar-refractivity contribution in [2.24, 2.45) is 0 Å². The number of likely N-dealkylation sites (tertiary alicyclic amines) is 1. The second-order valence-corrected chi connectivity index (χ2v) is 8.23. The molecule has 5 nitrogen and oxygen atoms in total. The molecule has 1 atom stereocenters. The average molecular weight is 370 g/mol. The van der Waals surface area contributed by atoms with Gasteiger partial charge in [0.2, 0.25) is 11.8 Å². The van der Waals surface area contributed by atoms with Crippen molar-refractivity contribution in [2.75, 3.05) is 19.6 Å². The van der Waals surface area contributed by atoms with E-state index in [2.05, 4.69) is 24.1 Å². The number of fused-ring (bicyclic) bond motifs is 1. The number of rotatable bonds is 5. The Morgan fingerprint density at radius 1 is 1.15 bits per heavy atom. The standard InChI is InChI=1S/C22H31N3O2/c1-17(26)25-14-11-18-9-5-6-10-19(18)20(25)15-21(27)23-16-22(2,3)24-12-7-4-8-13-24/h5-6,9-11,14,20H,4,7-8,12-13,15-16H2,1-3H3,(H,23,27). The minimum absolute atomic E-state index is 0.0126. The van der Waals surface area contributed by atoms with Crippen LogP contribution in [-0.2, 0) is 9.59 Å². The van der Waals surface area contributed by atoms with Gasteiger partial charge < -0.3 is 10.2 Å². The van der Waals surface area contributed by atoms with Crippen LogP contribution in [0.2, 0.25) is 0 Å². The lowest BCUT2D eigenvalue weighted by Crippen LogP contribution is -2.53. The highest BCUT2D eigenvalue weighted by atomic mass is 16.2. The number of piperidine rings is 1. The molecule has 1 unspecified atom stereocenters. The molecule has 5 heteroatoms. The lowest BCUT2D eigenvalue weighted by Gasteiger charge is -2.41. The number of carbonyl (C=O) groups is 2. The van der Waals surface area contributed by atoms with Gasteiger partial charge in [-0.1, -0.05) is 30.7 Å². The summed E-state index contributed by atoms with van der Waals surface area (Å²) in [6.45, 7) is 8.75. The fraction of sp³-hybridized carbons (Fsp3) is 0.545. The van der Waals surface area contributed by atoms with Crippen LogP contribution in [0, 0.1) is 0 Å². The van der Waals surface area contributed by atoms with E-state index in [1.165, 1.54) is 19.3 Å². The summed E-state index contributed by atoms with van der Waals surface area (Å²) < 4.78 is 0. The van der Waals surface area contributed by atoms with E-state index in [4.69, 9.17) is 0 Å². The van der Waals surface area contributed by atoms with Crippen LogP contribution >= 0.6 is 0 Å². The Bertz CT molecular complexity index is 720. The molecule has 2 heterocycles. The smallest absolute Gasteiger partial charge is 0.223 e. The maximum absolute atomic E-state index is 12.7. The van der Waals surface area contributed by atoms with Gasteiger partial charge in [0.15, 0.2) is 0 Å². The highest BCUT2D eigenvalue weighted by Crippen LogP contribution is 2.32. The molecule has 1 saturated heterocycles. The molecule has 2 aliphatic heterocycles. The first-order valence-electron chi connectivity index (χ1n) is 9.96. The van der Waals surface area contributed by atoms with Crippen LogP contribution in [0.1, 0.15) is 63.6 Å². The zero-order valence-electron chi connectivity index (χ0n) is 16.7. The van der Waals surface area contributed by atoms with E-state index in [-0.39, 0.29) is 29.8 Å². The fourth-order valence-corrected chi connectivity index (χ4v) is 4.09. The Morgan fingerprint density at radius 3 is 2.56 bits per heavy atom. The van der Waals surface area contributed by atoms with Crippen LogP contribution in [0.5, 0.6) is 0 Å². The van der Waals surface area contributed by atoms with Crippen LogP contribution in [0.25, 0.3) is 6.08 Å². The Balaban J connectivity index is 1.65. The number of nitrogens with one attached hydrogen (secondary N) is 1. The van der Waals surface area contributed by atoms with Crippen LogP contribution in [-0.4, -0.2) is 46.8 Å². The molecule has 0 radical (unpaired) electrons. The van der Waals surface area contributed by atoms with Crippen molar-refractivity contribution in [2.45, 2.75) is 58.0 Å². The molecule has 0 spiro atoms. The predicted octanol–water partition coefficient (Wildman–Crippen LogP) is 3.33. The summed E-state index contributed by atoms with van der Waals surface area (Å²) in [6.07, 6.45) is 7.77. The SMILES string of the molecule is CC(=O)N1C=Cc2ccccc2C1CC(=O)NCC(C)(C)N1CCCCC1. The average Bonchev–Trinajstić information content (AvgIpc) is 2.67. The molecule has 1 aromatic rings. The molecule has 146 valence electrons. The minimum Gasteiger partial charge on any atom is -0.354 e. The predicted molar refractivity (Wildman–Crippen MR) is 108 cm³/mol. The maximum Gasteiger partial charge on any atom is 0.223 e. The summed E-state index contributed by atoms with van der Waals surface area (Å²) in [4.78, 5) is 28.9. The van der Waals surface area contributed by atoms with Crippen LogP contribution in [0.4, 0.5) is 0 Å². The monoisotopic (exact) mass is 369 g/mol. The Kier molecular flexibility index (Phi) is 6.00. The molecule has 0 aliphatic carbocycles. The van der Waals surface area contributed by atoms with Gasteiger partial charge in [-0.2, -0.15) is 0 Å². The van der Waals surface area contributed by atoms with Gasteiger partial charge in [0.1, 0.15) is 0 Å². The Hall–Kier alpha value is -2.14. The highest BCUT2D eigenvalue weighted by molar-refractivity contribution is 5.81. The molecule has 27 heavy (non-hydrogen) atoms. The molecule has 1 aromatic carbocycles. The molecular formula is C22H31N3O2. The second-order valence-electron chi connectivity index (χ2n) is 8.23. The van der Waals surface area contributed by atoms with Gasteiger partial charge >= 0.3 is 0 Å². The van der Waals surface area contributed by atoms with E-state index in [0.29, 0.717) is 6.54 Å². The molecule has 2 aliphatic rings. The van der Waals surface area contributed by atoms with Crippen molar-refractivity contribution in [1.29, 1.82) is 0 Å². The van der Waals surface area contributed by atoms with E-state index < -0.39 is 0 Å². The number of carbonyl (C=O) groups excluding carboxylic acids is 2. The van der Waals surface area contributed by atoms with Crippen LogP contribution in [0.3, 0.4) is 0 Å². The molecule has 0 bridgehead atoms. The second kappa shape index (κ2) is 8.26. The summed E-state index contributed by atoms with van der Waals surface area (Å²) in [5, 5.41) is 3.12. The number of hydrogen-bond acceptors (Lipinski definition) is 3. The molecule has 3 rings (SSSR count). The summed E-state index contributed by atoms with van der Waals surface area (Å²) in [7, 11) is 0. The molecule has 1 fully saturated rings. The van der Waals surface area contributed by atoms with Crippen LogP contribution < -0.4 is 5.32 Å². The maximum atomic E-state index is 12.7. The first-order valence-corrected chi connectivity index (χ1v) is 9.96. The van der Waals surface area contributed by atoms with E-state index in [1.807, 2.05) is 30.3 Å². The Labute approximate surface area is 162 Å². The van der Waals surface area contributed by atoms with Gasteiger partial charge in [0.05, 0.1) is 12.5 Å². The highest BCUT2D eigenvalue weighted by Gasteiger charge is 2.31. The minimum atomic E-state index is -0.248. The van der Waals surface area contributed by atoms with Gasteiger partial charge in [-0.25, -0.2) is 0 Å². The number of hydrogen-bond donors (Lipinski definition) is 1. The first-order chi connectivity index (χ1) is 12.9. The van der Waals surface area contributed by atoms with Gasteiger partial charge in [-0.15, -0.1) is 0 Å². The molecule has 2 amide bonds. The van der Waals surface area contributed by atoms with Crippen molar-refractivity contribution in [3.8, 4) is 0 Å². The topological polar surface area (TPSA) is 52.7 Å². The number of benzene rings is 1. The lowest BCUT2D eigenvalue weighted by molar-refractivity contribution is -0.130. The van der Waals surface area contributed by atoms with Gasteiger partial charge in [-0.05, 0) is 57.0 Å². The van der Waals surface area contributed by atoms with Crippen molar-refractivity contribution in [3.63, 3.8) is 0 Å². The van der Waals surface area contributed by atoms with Gasteiger partial charge in [0.25, 0.3) is 0 Å². The van der Waals surface area contributed by atoms with E-state index in [0.717, 1.165) is 24.2 Å². The first kappa shape index (κ1) is 19.6. The normalized spacial score (nSPS) is 20.3.